The van der Waals surface area contributed by atoms with Crippen LogP contribution in [0.5, 0.6) is 0 Å². The second kappa shape index (κ2) is 7.96. The lowest BCUT2D eigenvalue weighted by Gasteiger charge is -2.42. The summed E-state index contributed by atoms with van der Waals surface area (Å²) in [4.78, 5) is 13.8. The summed E-state index contributed by atoms with van der Waals surface area (Å²) in [5, 5.41) is 3.02. The Bertz CT molecular complexity index is 700. The summed E-state index contributed by atoms with van der Waals surface area (Å²) in [5.74, 6) is -0.615. The quantitative estimate of drug-likeness (QED) is 0.904. The Labute approximate surface area is 153 Å². The summed E-state index contributed by atoms with van der Waals surface area (Å²) in [5.41, 5.74) is 1.97. The minimum absolute atomic E-state index is 0.0292. The summed E-state index contributed by atoms with van der Waals surface area (Å²) in [6, 6.07) is 13.2. The van der Waals surface area contributed by atoms with Crippen LogP contribution in [0.2, 0.25) is 0 Å². The maximum atomic E-state index is 13.4. The molecule has 0 aliphatic carbocycles. The van der Waals surface area contributed by atoms with Crippen LogP contribution >= 0.6 is 0 Å². The molecule has 0 spiro atoms. The van der Waals surface area contributed by atoms with Crippen LogP contribution in [0, 0.1) is 11.6 Å². The number of nitrogens with zero attached hydrogens (tertiary/aromatic N) is 1. The Kier molecular flexibility index (Phi) is 5.67. The number of hydrogen-bond acceptors (Lipinski definition) is 2. The summed E-state index contributed by atoms with van der Waals surface area (Å²) in [7, 11) is 2.06. The summed E-state index contributed by atoms with van der Waals surface area (Å²) < 4.78 is 26.8. The van der Waals surface area contributed by atoms with Crippen molar-refractivity contribution in [1.29, 1.82) is 0 Å². The lowest BCUT2D eigenvalue weighted by Crippen LogP contribution is -2.50. The van der Waals surface area contributed by atoms with Crippen molar-refractivity contribution in [2.45, 2.75) is 37.8 Å². The molecule has 5 heteroatoms. The van der Waals surface area contributed by atoms with Crippen LogP contribution in [-0.2, 0) is 4.79 Å². The van der Waals surface area contributed by atoms with Gasteiger partial charge in [0, 0.05) is 31.5 Å². The van der Waals surface area contributed by atoms with Crippen LogP contribution in [0.4, 0.5) is 8.78 Å². The Hall–Kier alpha value is -2.27. The second-order valence-corrected chi connectivity index (χ2v) is 7.05. The molecule has 3 rings (SSSR count). The Morgan fingerprint density at radius 2 is 1.54 bits per heavy atom. The number of hydrogen-bond donors (Lipinski definition) is 1. The third kappa shape index (κ3) is 4.28. The van der Waals surface area contributed by atoms with E-state index in [2.05, 4.69) is 17.3 Å². The first-order valence-corrected chi connectivity index (χ1v) is 8.92. The van der Waals surface area contributed by atoms with Gasteiger partial charge in [0.1, 0.15) is 11.6 Å². The van der Waals surface area contributed by atoms with E-state index in [-0.39, 0.29) is 35.5 Å². The van der Waals surface area contributed by atoms with Crippen LogP contribution in [0.25, 0.3) is 0 Å². The van der Waals surface area contributed by atoms with Gasteiger partial charge in [-0.1, -0.05) is 24.3 Å². The van der Waals surface area contributed by atoms with Gasteiger partial charge in [0.15, 0.2) is 0 Å². The second-order valence-electron chi connectivity index (χ2n) is 7.05. The number of likely N-dealkylation sites (tertiary alicyclic amines) is 1. The first kappa shape index (κ1) is 18.5. The number of carbonyl (C=O) groups excluding carboxylic acids is 1. The van der Waals surface area contributed by atoms with Crippen molar-refractivity contribution in [2.75, 3.05) is 13.6 Å². The Balaban J connectivity index is 1.97. The number of halogens is 2. The maximum absolute atomic E-state index is 13.4. The van der Waals surface area contributed by atoms with Crippen molar-refractivity contribution in [1.82, 2.24) is 10.2 Å². The minimum atomic E-state index is -0.278. The fourth-order valence-corrected chi connectivity index (χ4v) is 3.90. The van der Waals surface area contributed by atoms with Crippen LogP contribution in [0.3, 0.4) is 0 Å². The molecule has 1 aliphatic rings. The van der Waals surface area contributed by atoms with E-state index in [0.717, 1.165) is 30.5 Å². The average Bonchev–Trinajstić information content (AvgIpc) is 2.60. The molecule has 26 heavy (non-hydrogen) atoms. The zero-order chi connectivity index (χ0) is 18.7. The summed E-state index contributed by atoms with van der Waals surface area (Å²) in [6.45, 7) is 2.39. The Morgan fingerprint density at radius 3 is 2.00 bits per heavy atom. The van der Waals surface area contributed by atoms with Crippen LogP contribution in [-0.4, -0.2) is 36.5 Å². The van der Waals surface area contributed by atoms with Gasteiger partial charge in [0.2, 0.25) is 5.91 Å². The third-order valence-corrected chi connectivity index (χ3v) is 5.17. The van der Waals surface area contributed by atoms with E-state index in [9.17, 15) is 13.6 Å². The molecule has 2 aromatic rings. The van der Waals surface area contributed by atoms with Gasteiger partial charge in [0.25, 0.3) is 0 Å². The molecular weight excluding hydrogens is 334 g/mol. The zero-order valence-electron chi connectivity index (χ0n) is 15.1. The smallest absolute Gasteiger partial charge is 0.217 e. The molecule has 0 radical (unpaired) electrons. The molecule has 0 aromatic heterocycles. The van der Waals surface area contributed by atoms with Gasteiger partial charge in [-0.2, -0.15) is 0 Å². The first-order valence-electron chi connectivity index (χ1n) is 8.92. The summed E-state index contributed by atoms with van der Waals surface area (Å²) in [6.07, 6.45) is 1.68. The molecule has 1 aliphatic heterocycles. The standard InChI is InChI=1S/C21H24F2N2O/c1-14(26)24-19-11-12-25(2)20(13-19)21(15-3-7-17(22)8-4-15)16-5-9-18(23)10-6-16/h3-10,19-21H,11-13H2,1-2H3,(H,24,26). The lowest BCUT2D eigenvalue weighted by atomic mass is 9.79. The van der Waals surface area contributed by atoms with Crippen molar-refractivity contribution >= 4 is 5.91 Å². The SMILES string of the molecule is CC(=O)NC1CCN(C)C(C(c2ccc(F)cc2)c2ccc(F)cc2)C1. The number of rotatable bonds is 4. The average molecular weight is 358 g/mol. The van der Waals surface area contributed by atoms with Crippen molar-refractivity contribution in [3.63, 3.8) is 0 Å². The largest absolute Gasteiger partial charge is 0.354 e. The highest BCUT2D eigenvalue weighted by Gasteiger charge is 2.34. The topological polar surface area (TPSA) is 32.3 Å². The van der Waals surface area contributed by atoms with Crippen molar-refractivity contribution in [3.05, 3.63) is 71.3 Å². The van der Waals surface area contributed by atoms with Gasteiger partial charge < -0.3 is 10.2 Å². The maximum Gasteiger partial charge on any atom is 0.217 e. The molecule has 1 fully saturated rings. The molecule has 138 valence electrons. The first-order chi connectivity index (χ1) is 12.4. The number of amides is 1. The highest BCUT2D eigenvalue weighted by atomic mass is 19.1. The molecule has 2 unspecified atom stereocenters. The van der Waals surface area contributed by atoms with E-state index < -0.39 is 0 Å². The van der Waals surface area contributed by atoms with E-state index in [1.165, 1.54) is 31.2 Å². The fraction of sp³-hybridized carbons (Fsp3) is 0.381. The predicted octanol–water partition coefficient (Wildman–Crippen LogP) is 3.70. The van der Waals surface area contributed by atoms with Gasteiger partial charge in [-0.3, -0.25) is 4.79 Å². The number of carbonyl (C=O) groups is 1. The van der Waals surface area contributed by atoms with Gasteiger partial charge >= 0.3 is 0 Å². The molecule has 2 aromatic carbocycles. The van der Waals surface area contributed by atoms with Crippen LogP contribution < -0.4 is 5.32 Å². The van der Waals surface area contributed by atoms with Crippen molar-refractivity contribution in [3.8, 4) is 0 Å². The fourth-order valence-electron chi connectivity index (χ4n) is 3.90. The highest BCUT2D eigenvalue weighted by Crippen LogP contribution is 2.35. The van der Waals surface area contributed by atoms with Gasteiger partial charge in [0.05, 0.1) is 0 Å². The number of piperidine rings is 1. The monoisotopic (exact) mass is 358 g/mol. The molecule has 0 bridgehead atoms. The zero-order valence-corrected chi connectivity index (χ0v) is 15.1. The van der Waals surface area contributed by atoms with E-state index in [1.54, 1.807) is 24.3 Å². The Morgan fingerprint density at radius 1 is 1.04 bits per heavy atom. The van der Waals surface area contributed by atoms with E-state index >= 15 is 0 Å². The highest BCUT2D eigenvalue weighted by molar-refractivity contribution is 5.73. The lowest BCUT2D eigenvalue weighted by molar-refractivity contribution is -0.120. The number of nitrogens with one attached hydrogen (secondary N) is 1. The molecule has 3 nitrogen and oxygen atoms in total. The van der Waals surface area contributed by atoms with E-state index in [0.29, 0.717) is 0 Å². The summed E-state index contributed by atoms with van der Waals surface area (Å²) >= 11 is 0. The third-order valence-electron chi connectivity index (χ3n) is 5.17. The molecule has 1 N–H and O–H groups in total. The van der Waals surface area contributed by atoms with Crippen LogP contribution in [0.1, 0.15) is 36.8 Å². The molecule has 2 atom stereocenters. The van der Waals surface area contributed by atoms with Gasteiger partial charge in [-0.15, -0.1) is 0 Å². The van der Waals surface area contributed by atoms with Crippen LogP contribution in [0.15, 0.2) is 48.5 Å². The predicted molar refractivity (Wildman–Crippen MR) is 97.9 cm³/mol. The number of benzene rings is 2. The molecule has 0 saturated carbocycles. The van der Waals surface area contributed by atoms with Gasteiger partial charge in [-0.25, -0.2) is 8.78 Å². The molecule has 1 heterocycles. The number of likely N-dealkylation sites (N-methyl/N-ethyl adjacent to an activating group) is 1. The normalized spacial score (nSPS) is 21.0. The van der Waals surface area contributed by atoms with Gasteiger partial charge in [-0.05, 0) is 55.3 Å². The van der Waals surface area contributed by atoms with E-state index in [1.807, 2.05) is 0 Å². The van der Waals surface area contributed by atoms with E-state index in [4.69, 9.17) is 0 Å². The van der Waals surface area contributed by atoms with Crippen molar-refractivity contribution < 1.29 is 13.6 Å². The minimum Gasteiger partial charge on any atom is -0.354 e. The molecule has 1 amide bonds. The molecular formula is C21H24F2N2O. The molecule has 1 saturated heterocycles. The van der Waals surface area contributed by atoms with Crippen molar-refractivity contribution in [2.24, 2.45) is 0 Å².